The van der Waals surface area contributed by atoms with Gasteiger partial charge in [-0.25, -0.2) is 0 Å². The first-order valence-electron chi connectivity index (χ1n) is 12.5. The standard InChI is InChI=1S/C32H28N2O6/c1-38-23-10-4-20(5-11-23)30(35)26-16-18-28(33-26)32(37,22-8-14-25(40-3)15-9-22)29-19-17-27(34-29)31(36)21-6-12-24(39-2)13-7-21/h4-19,33-34,37H,1-3H3. The molecule has 0 unspecified atom stereocenters. The number of hydrogen-bond acceptors (Lipinski definition) is 6. The van der Waals surface area contributed by atoms with Gasteiger partial charge in [0.05, 0.1) is 44.1 Å². The number of ether oxygens (including phenoxy) is 3. The third-order valence-electron chi connectivity index (χ3n) is 6.85. The second-order valence-electron chi connectivity index (χ2n) is 9.13. The van der Waals surface area contributed by atoms with Crippen LogP contribution in [0.15, 0.2) is 97.1 Å². The molecule has 5 aromatic rings. The average Bonchev–Trinajstić information content (AvgIpc) is 3.72. The Bertz CT molecular complexity index is 1530. The SMILES string of the molecule is COc1ccc(C(=O)c2ccc(C(O)(c3ccc(OC)cc3)c3ccc(C(=O)c4ccc(OC)cc4)[nH]3)[nH]2)cc1. The van der Waals surface area contributed by atoms with Crippen molar-refractivity contribution < 1.29 is 28.9 Å². The third kappa shape index (κ3) is 4.88. The zero-order chi connectivity index (χ0) is 28.3. The molecule has 2 heterocycles. The summed E-state index contributed by atoms with van der Waals surface area (Å²) in [7, 11) is 4.68. The van der Waals surface area contributed by atoms with Gasteiger partial charge < -0.3 is 29.3 Å². The van der Waals surface area contributed by atoms with Gasteiger partial charge in [0.1, 0.15) is 17.2 Å². The molecule has 0 amide bonds. The molecule has 0 atom stereocenters. The van der Waals surface area contributed by atoms with Crippen molar-refractivity contribution in [2.45, 2.75) is 5.60 Å². The lowest BCUT2D eigenvalue weighted by Gasteiger charge is -2.27. The fraction of sp³-hybridized carbons (Fsp3) is 0.125. The van der Waals surface area contributed by atoms with E-state index >= 15 is 0 Å². The maximum atomic E-state index is 13.2. The first-order valence-corrected chi connectivity index (χ1v) is 12.5. The summed E-state index contributed by atoms with van der Waals surface area (Å²) in [5.74, 6) is 1.42. The van der Waals surface area contributed by atoms with Crippen LogP contribution in [0.3, 0.4) is 0 Å². The van der Waals surface area contributed by atoms with Gasteiger partial charge >= 0.3 is 0 Å². The topological polar surface area (TPSA) is 114 Å². The Morgan fingerprint density at radius 1 is 0.550 bits per heavy atom. The number of carbonyl (C=O) groups excluding carboxylic acids is 2. The lowest BCUT2D eigenvalue weighted by atomic mass is 9.87. The fourth-order valence-corrected chi connectivity index (χ4v) is 4.56. The number of rotatable bonds is 10. The molecule has 0 aliphatic heterocycles. The molecule has 3 N–H and O–H groups in total. The molecule has 2 aromatic heterocycles. The largest absolute Gasteiger partial charge is 0.497 e. The summed E-state index contributed by atoms with van der Waals surface area (Å²) >= 11 is 0. The van der Waals surface area contributed by atoms with E-state index in [1.807, 2.05) is 0 Å². The highest BCUT2D eigenvalue weighted by molar-refractivity contribution is 6.08. The van der Waals surface area contributed by atoms with Crippen LogP contribution < -0.4 is 14.2 Å². The molecule has 0 spiro atoms. The summed E-state index contributed by atoms with van der Waals surface area (Å²) < 4.78 is 15.7. The molecule has 3 aromatic carbocycles. The highest BCUT2D eigenvalue weighted by atomic mass is 16.5. The normalized spacial score (nSPS) is 11.2. The highest BCUT2D eigenvalue weighted by Gasteiger charge is 2.37. The minimum absolute atomic E-state index is 0.243. The third-order valence-corrected chi connectivity index (χ3v) is 6.85. The van der Waals surface area contributed by atoms with Crippen molar-refractivity contribution in [2.24, 2.45) is 0 Å². The highest BCUT2D eigenvalue weighted by Crippen LogP contribution is 2.37. The first kappa shape index (κ1) is 26.5. The number of hydrogen-bond donors (Lipinski definition) is 3. The Morgan fingerprint density at radius 2 is 0.900 bits per heavy atom. The van der Waals surface area contributed by atoms with Crippen molar-refractivity contribution in [1.29, 1.82) is 0 Å². The number of carbonyl (C=O) groups is 2. The molecule has 0 fully saturated rings. The van der Waals surface area contributed by atoms with Gasteiger partial charge in [-0.3, -0.25) is 9.59 Å². The lowest BCUT2D eigenvalue weighted by Crippen LogP contribution is -2.30. The molecule has 40 heavy (non-hydrogen) atoms. The molecular formula is C32H28N2O6. The summed E-state index contributed by atoms with van der Waals surface area (Å²) in [6.45, 7) is 0. The van der Waals surface area contributed by atoms with Crippen LogP contribution in [0.4, 0.5) is 0 Å². The molecule has 0 bridgehead atoms. The number of ketones is 2. The van der Waals surface area contributed by atoms with Gasteiger partial charge in [0.25, 0.3) is 0 Å². The maximum Gasteiger partial charge on any atom is 0.209 e. The van der Waals surface area contributed by atoms with Crippen LogP contribution in [-0.2, 0) is 5.60 Å². The molecule has 8 heteroatoms. The van der Waals surface area contributed by atoms with E-state index in [0.29, 0.717) is 56.7 Å². The predicted octanol–water partition coefficient (Wildman–Crippen LogP) is 5.11. The molecule has 0 radical (unpaired) electrons. The molecule has 0 saturated heterocycles. The number of H-pyrrole nitrogens is 2. The van der Waals surface area contributed by atoms with Crippen LogP contribution in [0.25, 0.3) is 0 Å². The zero-order valence-electron chi connectivity index (χ0n) is 22.2. The Labute approximate surface area is 231 Å². The summed E-state index contributed by atoms with van der Waals surface area (Å²) in [6, 6.07) is 27.1. The van der Waals surface area contributed by atoms with Crippen LogP contribution >= 0.6 is 0 Å². The van der Waals surface area contributed by atoms with Gasteiger partial charge in [-0.2, -0.15) is 0 Å². The molecule has 8 nitrogen and oxygen atoms in total. The van der Waals surface area contributed by atoms with Gasteiger partial charge in [-0.05, 0) is 90.5 Å². The van der Waals surface area contributed by atoms with Crippen molar-refractivity contribution in [3.8, 4) is 17.2 Å². The van der Waals surface area contributed by atoms with E-state index in [1.165, 1.54) is 0 Å². The Balaban J connectivity index is 1.54. The van der Waals surface area contributed by atoms with Crippen LogP contribution in [0.2, 0.25) is 0 Å². The zero-order valence-corrected chi connectivity index (χ0v) is 22.2. The number of aromatic amines is 2. The van der Waals surface area contributed by atoms with E-state index in [1.54, 1.807) is 118 Å². The van der Waals surface area contributed by atoms with Crippen LogP contribution in [0.5, 0.6) is 17.2 Å². The molecule has 0 aliphatic rings. The number of benzene rings is 3. The minimum atomic E-state index is -1.75. The smallest absolute Gasteiger partial charge is 0.209 e. The van der Waals surface area contributed by atoms with E-state index in [2.05, 4.69) is 9.97 Å². The predicted molar refractivity (Wildman–Crippen MR) is 150 cm³/mol. The number of nitrogens with one attached hydrogen (secondary N) is 2. The Hall–Kier alpha value is -5.08. The van der Waals surface area contributed by atoms with Crippen molar-refractivity contribution in [2.75, 3.05) is 21.3 Å². The van der Waals surface area contributed by atoms with E-state index in [9.17, 15) is 14.7 Å². The van der Waals surface area contributed by atoms with Crippen LogP contribution in [-0.4, -0.2) is 48.0 Å². The number of aliphatic hydroxyl groups is 1. The van der Waals surface area contributed by atoms with E-state index in [-0.39, 0.29) is 11.6 Å². The summed E-state index contributed by atoms with van der Waals surface area (Å²) in [5.41, 5.74) is 0.983. The summed E-state index contributed by atoms with van der Waals surface area (Å²) in [6.07, 6.45) is 0. The molecule has 0 saturated carbocycles. The Morgan fingerprint density at radius 3 is 1.25 bits per heavy atom. The molecule has 5 rings (SSSR count). The number of aromatic nitrogens is 2. The van der Waals surface area contributed by atoms with Crippen LogP contribution in [0.1, 0.15) is 49.1 Å². The van der Waals surface area contributed by atoms with E-state index in [0.717, 1.165) is 0 Å². The van der Waals surface area contributed by atoms with Crippen molar-refractivity contribution in [3.63, 3.8) is 0 Å². The second kappa shape index (κ2) is 11.0. The van der Waals surface area contributed by atoms with Gasteiger partial charge in [-0.1, -0.05) is 12.1 Å². The number of methoxy groups -OCH3 is 3. The maximum absolute atomic E-state index is 13.2. The average molecular weight is 537 g/mol. The summed E-state index contributed by atoms with van der Waals surface area (Å²) in [5, 5.41) is 12.3. The van der Waals surface area contributed by atoms with Crippen molar-refractivity contribution >= 4 is 11.6 Å². The minimum Gasteiger partial charge on any atom is -0.497 e. The second-order valence-corrected chi connectivity index (χ2v) is 9.13. The van der Waals surface area contributed by atoms with Crippen molar-refractivity contribution in [3.05, 3.63) is 137 Å². The fourth-order valence-electron chi connectivity index (χ4n) is 4.56. The van der Waals surface area contributed by atoms with E-state index < -0.39 is 5.60 Å². The quantitative estimate of drug-likeness (QED) is 0.214. The summed E-state index contributed by atoms with van der Waals surface area (Å²) in [4.78, 5) is 32.6. The van der Waals surface area contributed by atoms with Crippen LogP contribution in [0, 0.1) is 0 Å². The Kier molecular flexibility index (Phi) is 7.27. The molecule has 202 valence electrons. The monoisotopic (exact) mass is 536 g/mol. The lowest BCUT2D eigenvalue weighted by molar-refractivity contribution is 0.102. The van der Waals surface area contributed by atoms with Gasteiger partial charge in [0, 0.05) is 11.1 Å². The molecular weight excluding hydrogens is 508 g/mol. The van der Waals surface area contributed by atoms with Gasteiger partial charge in [-0.15, -0.1) is 0 Å². The first-order chi connectivity index (χ1) is 19.4. The van der Waals surface area contributed by atoms with Crippen molar-refractivity contribution in [1.82, 2.24) is 9.97 Å². The molecule has 0 aliphatic carbocycles. The van der Waals surface area contributed by atoms with Gasteiger partial charge in [0.15, 0.2) is 5.60 Å². The van der Waals surface area contributed by atoms with Gasteiger partial charge in [0.2, 0.25) is 11.6 Å². The van der Waals surface area contributed by atoms with E-state index in [4.69, 9.17) is 14.2 Å².